The molecule has 0 aliphatic rings. The van der Waals surface area contributed by atoms with Gasteiger partial charge in [-0.15, -0.1) is 0 Å². The van der Waals surface area contributed by atoms with Gasteiger partial charge in [0.15, 0.2) is 0 Å². The van der Waals surface area contributed by atoms with E-state index in [-0.39, 0.29) is 0 Å². The summed E-state index contributed by atoms with van der Waals surface area (Å²) in [6.07, 6.45) is 1.49. The minimum atomic E-state index is -0.970. The number of hydrogen-bond donors (Lipinski definition) is 0. The van der Waals surface area contributed by atoms with Crippen molar-refractivity contribution in [3.05, 3.63) is 0 Å². The summed E-state index contributed by atoms with van der Waals surface area (Å²) >= 11 is 0. The predicted molar refractivity (Wildman–Crippen MR) is 105 cm³/mol. The molecule has 0 aromatic carbocycles. The van der Waals surface area contributed by atoms with Crippen LogP contribution in [0.25, 0.3) is 0 Å². The van der Waals surface area contributed by atoms with Gasteiger partial charge in [-0.3, -0.25) is 0 Å². The predicted octanol–water partition coefficient (Wildman–Crippen LogP) is 4.21. The van der Waals surface area contributed by atoms with Gasteiger partial charge >= 0.3 is 0 Å². The third-order valence-corrected chi connectivity index (χ3v) is 11.2. The Hall–Kier alpha value is 0.354. The van der Waals surface area contributed by atoms with E-state index in [2.05, 4.69) is 68.5 Å². The number of hydrogen-bond acceptors (Lipinski definition) is 0. The molecule has 21 heavy (non-hydrogen) atoms. The highest BCUT2D eigenvalue weighted by molar-refractivity contribution is 6.79. The van der Waals surface area contributed by atoms with E-state index in [0.717, 1.165) is 8.97 Å². The van der Waals surface area contributed by atoms with Crippen LogP contribution in [0.15, 0.2) is 0 Å². The van der Waals surface area contributed by atoms with Crippen molar-refractivity contribution in [2.75, 3.05) is 55.4 Å². The van der Waals surface area contributed by atoms with Crippen molar-refractivity contribution in [3.63, 3.8) is 0 Å². The minimum Gasteiger partial charge on any atom is -0.331 e. The van der Waals surface area contributed by atoms with Gasteiger partial charge in [-0.1, -0.05) is 44.7 Å². The molecule has 0 saturated heterocycles. The molecule has 4 heteroatoms. The van der Waals surface area contributed by atoms with Crippen LogP contribution in [0.4, 0.5) is 0 Å². The molecule has 0 aromatic heterocycles. The summed E-state index contributed by atoms with van der Waals surface area (Å²) in [6.45, 7) is 13.1. The molecule has 0 aromatic rings. The lowest BCUT2D eigenvalue weighted by Crippen LogP contribution is -2.41. The summed E-state index contributed by atoms with van der Waals surface area (Å²) in [5.41, 5.74) is 0. The van der Waals surface area contributed by atoms with Crippen LogP contribution in [0.1, 0.15) is 6.42 Å². The maximum atomic E-state index is 2.60. The molecule has 0 spiro atoms. The third-order valence-electron chi connectivity index (χ3n) is 4.63. The second kappa shape index (κ2) is 7.76. The highest BCUT2D eigenvalue weighted by Crippen LogP contribution is 2.25. The van der Waals surface area contributed by atoms with Crippen LogP contribution in [-0.2, 0) is 0 Å². The van der Waals surface area contributed by atoms with E-state index < -0.39 is 16.1 Å². The van der Waals surface area contributed by atoms with E-state index in [0.29, 0.717) is 0 Å². The molecule has 0 heterocycles. The Morgan fingerprint density at radius 1 is 0.524 bits per heavy atom. The van der Waals surface area contributed by atoms with Crippen molar-refractivity contribution in [3.8, 4) is 0 Å². The molecule has 0 amide bonds. The molecular formula is C17H44N2Si2+2. The average Bonchev–Trinajstić information content (AvgIpc) is 2.22. The standard InChI is InChI=1S/C17H44N2Si2/c1-18(2,3)12-16-20(7,8)14-11-15-21(9,10)17-13-19(4,5)6/h11-17H2,1-10H3/q+2. The molecule has 0 N–H and O–H groups in total. The zero-order valence-corrected chi connectivity index (χ0v) is 18.8. The van der Waals surface area contributed by atoms with Crippen molar-refractivity contribution in [2.45, 2.75) is 56.8 Å². The third kappa shape index (κ3) is 13.7. The Bertz CT molecular complexity index is 269. The second-order valence-electron chi connectivity index (χ2n) is 10.7. The molecule has 0 aliphatic carbocycles. The molecule has 0 atom stereocenters. The Balaban J connectivity index is 4.10. The van der Waals surface area contributed by atoms with E-state index >= 15 is 0 Å². The van der Waals surface area contributed by atoms with Gasteiger partial charge in [0.05, 0.1) is 71.5 Å². The molecular weight excluding hydrogens is 288 g/mol. The average molecular weight is 333 g/mol. The second-order valence-corrected chi connectivity index (χ2v) is 21.4. The van der Waals surface area contributed by atoms with E-state index in [9.17, 15) is 0 Å². The lowest BCUT2D eigenvalue weighted by Gasteiger charge is -2.32. The first kappa shape index (κ1) is 21.4. The van der Waals surface area contributed by atoms with Crippen molar-refractivity contribution in [2.24, 2.45) is 0 Å². The Morgan fingerprint density at radius 2 is 0.810 bits per heavy atom. The topological polar surface area (TPSA) is 0 Å². The van der Waals surface area contributed by atoms with Gasteiger partial charge in [0.1, 0.15) is 0 Å². The molecule has 0 rings (SSSR count). The Labute approximate surface area is 137 Å². The molecule has 0 saturated carbocycles. The van der Waals surface area contributed by atoms with E-state index in [1.165, 1.54) is 43.7 Å². The van der Waals surface area contributed by atoms with Crippen LogP contribution >= 0.6 is 0 Å². The van der Waals surface area contributed by atoms with Gasteiger partial charge in [-0.2, -0.15) is 0 Å². The normalized spacial score (nSPS) is 14.6. The van der Waals surface area contributed by atoms with Gasteiger partial charge in [-0.25, -0.2) is 0 Å². The summed E-state index contributed by atoms with van der Waals surface area (Å²) in [7, 11) is 12.0. The van der Waals surface area contributed by atoms with Gasteiger partial charge in [0, 0.05) is 0 Å². The fraction of sp³-hybridized carbons (Fsp3) is 1.00. The zero-order chi connectivity index (χ0) is 16.9. The molecule has 0 radical (unpaired) electrons. The largest absolute Gasteiger partial charge is 0.331 e. The fourth-order valence-electron chi connectivity index (χ4n) is 2.57. The monoisotopic (exact) mass is 332 g/mol. The fourth-order valence-corrected chi connectivity index (χ4v) is 8.25. The summed E-state index contributed by atoms with van der Waals surface area (Å²) in [5, 5.41) is 0. The summed E-state index contributed by atoms with van der Waals surface area (Å²) in [4.78, 5) is 0. The smallest absolute Gasteiger partial charge is 0.0756 e. The van der Waals surface area contributed by atoms with Gasteiger partial charge in [0.2, 0.25) is 0 Å². The summed E-state index contributed by atoms with van der Waals surface area (Å²) in [5.74, 6) is 0. The van der Waals surface area contributed by atoms with Gasteiger partial charge in [-0.05, 0) is 12.1 Å². The highest BCUT2D eigenvalue weighted by atomic mass is 28.3. The summed E-state index contributed by atoms with van der Waals surface area (Å²) < 4.78 is 2.25. The molecule has 128 valence electrons. The van der Waals surface area contributed by atoms with Gasteiger partial charge in [0.25, 0.3) is 0 Å². The molecule has 0 aliphatic heterocycles. The zero-order valence-electron chi connectivity index (χ0n) is 16.8. The molecule has 0 unspecified atom stereocenters. The summed E-state index contributed by atoms with van der Waals surface area (Å²) in [6, 6.07) is 6.04. The maximum Gasteiger partial charge on any atom is 0.0756 e. The lowest BCUT2D eigenvalue weighted by atomic mass is 10.5. The van der Waals surface area contributed by atoms with E-state index in [1.54, 1.807) is 0 Å². The van der Waals surface area contributed by atoms with Crippen molar-refractivity contribution < 1.29 is 8.97 Å². The molecule has 2 nitrogen and oxygen atoms in total. The number of quaternary nitrogens is 2. The molecule has 0 bridgehead atoms. The highest BCUT2D eigenvalue weighted by Gasteiger charge is 2.27. The van der Waals surface area contributed by atoms with Crippen LogP contribution in [0.2, 0.25) is 50.4 Å². The quantitative estimate of drug-likeness (QED) is 0.415. The van der Waals surface area contributed by atoms with E-state index in [1.807, 2.05) is 0 Å². The van der Waals surface area contributed by atoms with Gasteiger partial charge < -0.3 is 8.97 Å². The van der Waals surface area contributed by atoms with Crippen molar-refractivity contribution >= 4 is 16.1 Å². The number of nitrogens with zero attached hydrogens (tertiary/aromatic N) is 2. The van der Waals surface area contributed by atoms with E-state index in [4.69, 9.17) is 0 Å². The minimum absolute atomic E-state index is 0.970. The van der Waals surface area contributed by atoms with Crippen LogP contribution in [-0.4, -0.2) is 80.5 Å². The molecule has 0 fully saturated rings. The first-order valence-electron chi connectivity index (χ1n) is 8.73. The Kier molecular flexibility index (Phi) is 7.89. The van der Waals surface area contributed by atoms with Crippen molar-refractivity contribution in [1.82, 2.24) is 0 Å². The van der Waals surface area contributed by atoms with Crippen LogP contribution in [0.3, 0.4) is 0 Å². The lowest BCUT2D eigenvalue weighted by molar-refractivity contribution is -0.868. The van der Waals surface area contributed by atoms with Crippen LogP contribution in [0, 0.1) is 0 Å². The maximum absolute atomic E-state index is 2.60. The van der Waals surface area contributed by atoms with Crippen LogP contribution in [0.5, 0.6) is 0 Å². The Morgan fingerprint density at radius 3 is 1.05 bits per heavy atom. The first-order valence-corrected chi connectivity index (χ1v) is 15.6. The van der Waals surface area contributed by atoms with Crippen LogP contribution < -0.4 is 0 Å². The van der Waals surface area contributed by atoms with Crippen molar-refractivity contribution in [1.29, 1.82) is 0 Å². The SMILES string of the molecule is C[N+](C)(C)CC[Si](C)(C)CCC[Si](C)(C)CC[N+](C)(C)C. The first-order chi connectivity index (χ1) is 9.12. The number of rotatable bonds is 10.